The molecule has 150 valence electrons. The van der Waals surface area contributed by atoms with Crippen molar-refractivity contribution in [3.63, 3.8) is 0 Å². The van der Waals surface area contributed by atoms with Gasteiger partial charge in [-0.3, -0.25) is 9.59 Å². The highest BCUT2D eigenvalue weighted by Crippen LogP contribution is 2.35. The monoisotopic (exact) mass is 456 g/mol. The van der Waals surface area contributed by atoms with Gasteiger partial charge in [0.1, 0.15) is 5.75 Å². The largest absolute Gasteiger partial charge is 0.479 e. The molecule has 1 aliphatic heterocycles. The number of rotatable bonds is 6. The zero-order chi connectivity index (χ0) is 20.0. The molecule has 1 saturated heterocycles. The van der Waals surface area contributed by atoms with E-state index in [4.69, 9.17) is 9.47 Å². The summed E-state index contributed by atoms with van der Waals surface area (Å²) in [6.07, 6.45) is 5.38. The van der Waals surface area contributed by atoms with E-state index in [-0.39, 0.29) is 11.7 Å². The zero-order valence-electron chi connectivity index (χ0n) is 15.9. The molecule has 29 heavy (non-hydrogen) atoms. The van der Waals surface area contributed by atoms with E-state index >= 15 is 0 Å². The Bertz CT molecular complexity index is 972. The van der Waals surface area contributed by atoms with Gasteiger partial charge in [-0.1, -0.05) is 15.9 Å². The number of pyridine rings is 1. The van der Waals surface area contributed by atoms with Crippen molar-refractivity contribution in [1.29, 1.82) is 0 Å². The second-order valence-electron chi connectivity index (χ2n) is 7.85. The summed E-state index contributed by atoms with van der Waals surface area (Å²) in [5, 5.41) is 0. The van der Waals surface area contributed by atoms with E-state index in [1.807, 2.05) is 12.1 Å². The number of anilines is 1. The highest BCUT2D eigenvalue weighted by atomic mass is 79.9. The van der Waals surface area contributed by atoms with Crippen LogP contribution >= 0.6 is 15.9 Å². The normalized spacial score (nSPS) is 20.9. The third-order valence-corrected chi connectivity index (χ3v) is 6.41. The second kappa shape index (κ2) is 7.44. The summed E-state index contributed by atoms with van der Waals surface area (Å²) in [5.41, 5.74) is 2.50. The van der Waals surface area contributed by atoms with Gasteiger partial charge in [0.15, 0.2) is 11.9 Å². The molecule has 5 rings (SSSR count). The summed E-state index contributed by atoms with van der Waals surface area (Å²) in [7, 11) is 0. The van der Waals surface area contributed by atoms with Crippen molar-refractivity contribution in [2.45, 2.75) is 38.2 Å². The number of amides is 1. The number of fused-ring (bicyclic) bond motifs is 1. The van der Waals surface area contributed by atoms with Gasteiger partial charge in [0.05, 0.1) is 12.8 Å². The van der Waals surface area contributed by atoms with Crippen LogP contribution in [0.3, 0.4) is 0 Å². The minimum atomic E-state index is -0.558. The fourth-order valence-corrected chi connectivity index (χ4v) is 4.49. The van der Waals surface area contributed by atoms with Crippen LogP contribution in [0.4, 0.5) is 5.69 Å². The number of nitrogens with zero attached hydrogens (tertiary/aromatic N) is 2. The third kappa shape index (κ3) is 3.75. The van der Waals surface area contributed by atoms with Gasteiger partial charge in [-0.05, 0) is 48.9 Å². The Morgan fingerprint density at radius 2 is 2.00 bits per heavy atom. The maximum Gasteiger partial charge on any atom is 0.268 e. The lowest BCUT2D eigenvalue weighted by atomic mass is 10.1. The van der Waals surface area contributed by atoms with E-state index in [2.05, 4.69) is 20.9 Å². The quantitative estimate of drug-likeness (QED) is 0.658. The molecule has 0 N–H and O–H groups in total. The lowest BCUT2D eigenvalue weighted by Gasteiger charge is -2.19. The summed E-state index contributed by atoms with van der Waals surface area (Å²) in [5.74, 6) is 1.84. The summed E-state index contributed by atoms with van der Waals surface area (Å²) < 4.78 is 12.4. The topological polar surface area (TPSA) is 68.7 Å². The molecule has 1 aromatic carbocycles. The maximum absolute atomic E-state index is 12.9. The molecule has 0 radical (unpaired) electrons. The molecule has 1 aromatic heterocycles. The molecule has 3 aliphatic rings. The first-order valence-corrected chi connectivity index (χ1v) is 10.8. The lowest BCUT2D eigenvalue weighted by molar-refractivity contribution is -0.122. The Morgan fingerprint density at radius 3 is 2.76 bits per heavy atom. The number of benzene rings is 1. The summed E-state index contributed by atoms with van der Waals surface area (Å²) in [6.45, 7) is 1.26. The van der Waals surface area contributed by atoms with E-state index in [9.17, 15) is 9.59 Å². The molecule has 2 aliphatic carbocycles. The van der Waals surface area contributed by atoms with Crippen molar-refractivity contribution in [2.24, 2.45) is 5.92 Å². The van der Waals surface area contributed by atoms with Gasteiger partial charge < -0.3 is 14.4 Å². The molecule has 1 atom stereocenters. The number of halogens is 1. The average molecular weight is 457 g/mol. The summed E-state index contributed by atoms with van der Waals surface area (Å²) >= 11 is 3.55. The Hall–Kier alpha value is -2.41. The predicted octanol–water partition coefficient (Wildman–Crippen LogP) is 3.95. The van der Waals surface area contributed by atoms with E-state index < -0.39 is 6.10 Å². The number of ketones is 1. The Balaban J connectivity index is 1.26. The van der Waals surface area contributed by atoms with Gasteiger partial charge >= 0.3 is 0 Å². The first-order chi connectivity index (χ1) is 14.1. The van der Waals surface area contributed by atoms with Crippen LogP contribution < -0.4 is 14.4 Å². The first kappa shape index (κ1) is 18.6. The van der Waals surface area contributed by atoms with Crippen LogP contribution in [-0.2, 0) is 11.2 Å². The van der Waals surface area contributed by atoms with Gasteiger partial charge in [0.25, 0.3) is 5.91 Å². The molecule has 1 saturated carbocycles. The number of carbonyl (C=O) groups excluding carboxylic acids is 2. The van der Waals surface area contributed by atoms with Gasteiger partial charge in [0.2, 0.25) is 5.88 Å². The Kier molecular flexibility index (Phi) is 4.78. The van der Waals surface area contributed by atoms with E-state index in [1.165, 1.54) is 12.8 Å². The molecule has 2 aromatic rings. The highest BCUT2D eigenvalue weighted by molar-refractivity contribution is 9.10. The van der Waals surface area contributed by atoms with E-state index in [1.54, 1.807) is 23.2 Å². The minimum Gasteiger partial charge on any atom is -0.479 e. The van der Waals surface area contributed by atoms with Gasteiger partial charge in [0, 0.05) is 41.2 Å². The molecular weight excluding hydrogens is 436 g/mol. The number of aromatic nitrogens is 1. The molecule has 0 spiro atoms. The van der Waals surface area contributed by atoms with Crippen LogP contribution in [0, 0.1) is 5.92 Å². The predicted molar refractivity (Wildman–Crippen MR) is 111 cm³/mol. The lowest BCUT2D eigenvalue weighted by Crippen LogP contribution is -2.32. The van der Waals surface area contributed by atoms with Crippen molar-refractivity contribution in [3.8, 4) is 11.6 Å². The van der Waals surface area contributed by atoms with Crippen molar-refractivity contribution in [1.82, 2.24) is 4.98 Å². The van der Waals surface area contributed by atoms with E-state index in [0.717, 1.165) is 27.7 Å². The van der Waals surface area contributed by atoms with Crippen LogP contribution in [0.15, 0.2) is 34.9 Å². The summed E-state index contributed by atoms with van der Waals surface area (Å²) in [4.78, 5) is 31.0. The molecule has 6 nitrogen and oxygen atoms in total. The van der Waals surface area contributed by atoms with Gasteiger partial charge in [-0.25, -0.2) is 4.98 Å². The number of carbonyl (C=O) groups is 2. The Morgan fingerprint density at radius 1 is 1.14 bits per heavy atom. The van der Waals surface area contributed by atoms with Crippen LogP contribution in [-0.4, -0.2) is 35.9 Å². The van der Waals surface area contributed by atoms with Crippen molar-refractivity contribution in [3.05, 3.63) is 46.1 Å². The molecular formula is C22H21BrN2O4. The molecule has 7 heteroatoms. The van der Waals surface area contributed by atoms with Crippen molar-refractivity contribution < 1.29 is 19.1 Å². The minimum absolute atomic E-state index is 0.101. The molecule has 1 amide bonds. The maximum atomic E-state index is 12.9. The van der Waals surface area contributed by atoms with Crippen LogP contribution in [0.25, 0.3) is 0 Å². The SMILES string of the molecule is O=C1CCc2c(Br)cc(N3CC[C@@H](Oc4ccc(OCC5CC5)nc4)C3=O)cc21. The molecule has 2 heterocycles. The zero-order valence-corrected chi connectivity index (χ0v) is 17.5. The van der Waals surface area contributed by atoms with Crippen LogP contribution in [0.2, 0.25) is 0 Å². The Labute approximate surface area is 177 Å². The third-order valence-electron chi connectivity index (χ3n) is 5.70. The smallest absolute Gasteiger partial charge is 0.268 e. The molecule has 0 unspecified atom stereocenters. The second-order valence-corrected chi connectivity index (χ2v) is 8.70. The fourth-order valence-electron chi connectivity index (χ4n) is 3.85. The number of ether oxygens (including phenoxy) is 2. The standard InChI is InChI=1S/C22H21BrN2O4/c23-18-10-14(9-17-16(18)4-5-19(17)26)25-8-7-20(22(25)27)29-15-3-6-21(24-11-15)28-12-13-1-2-13/h3,6,9-11,13,20H,1-2,4-5,7-8,12H2/t20-/m1/s1. The summed E-state index contributed by atoms with van der Waals surface area (Å²) in [6, 6.07) is 7.32. The fraction of sp³-hybridized carbons (Fsp3) is 0.409. The molecule has 2 fully saturated rings. The number of Topliss-reactive ketones (excluding diaryl/α,β-unsaturated/α-hetero) is 1. The molecule has 0 bridgehead atoms. The highest BCUT2D eigenvalue weighted by Gasteiger charge is 2.35. The van der Waals surface area contributed by atoms with E-state index in [0.29, 0.717) is 43.5 Å². The van der Waals surface area contributed by atoms with Gasteiger partial charge in [-0.2, -0.15) is 0 Å². The average Bonchev–Trinajstić information content (AvgIpc) is 3.38. The van der Waals surface area contributed by atoms with Gasteiger partial charge in [-0.15, -0.1) is 0 Å². The van der Waals surface area contributed by atoms with Crippen LogP contribution in [0.1, 0.15) is 41.6 Å². The first-order valence-electron chi connectivity index (χ1n) is 10.0. The number of hydrogen-bond acceptors (Lipinski definition) is 5. The van der Waals surface area contributed by atoms with Crippen molar-refractivity contribution in [2.75, 3.05) is 18.1 Å². The van der Waals surface area contributed by atoms with Crippen LogP contribution in [0.5, 0.6) is 11.6 Å². The number of hydrogen-bond donors (Lipinski definition) is 0. The van der Waals surface area contributed by atoms with Crippen molar-refractivity contribution >= 4 is 33.3 Å².